The van der Waals surface area contributed by atoms with Crippen molar-refractivity contribution in [3.05, 3.63) is 67.8 Å². The highest BCUT2D eigenvalue weighted by molar-refractivity contribution is 14.1. The molecule has 20 heavy (non-hydrogen) atoms. The van der Waals surface area contributed by atoms with Gasteiger partial charge in [0.15, 0.2) is 12.4 Å². The van der Waals surface area contributed by atoms with E-state index in [0.29, 0.717) is 5.75 Å². The van der Waals surface area contributed by atoms with Crippen LogP contribution in [0, 0.1) is 13.7 Å². The number of hydrogen-bond acceptors (Lipinski definition) is 4. The number of nitro groups is 1. The summed E-state index contributed by atoms with van der Waals surface area (Å²) in [7, 11) is 0. The Bertz CT molecular complexity index is 657. The minimum absolute atomic E-state index is 0.106. The number of ether oxygens (including phenoxy) is 1. The van der Waals surface area contributed by atoms with Crippen LogP contribution in [0.5, 0.6) is 5.75 Å². The number of Topliss-reactive ketones (excluding diaryl/α,β-unsaturated/α-hetero) is 1. The molecule has 0 bridgehead atoms. The van der Waals surface area contributed by atoms with E-state index in [9.17, 15) is 14.9 Å². The summed E-state index contributed by atoms with van der Waals surface area (Å²) in [4.78, 5) is 22.1. The second kappa shape index (κ2) is 6.47. The number of halogens is 1. The van der Waals surface area contributed by atoms with Crippen LogP contribution in [0.1, 0.15) is 10.4 Å². The molecule has 0 aromatic heterocycles. The molecule has 2 rings (SSSR count). The minimum Gasteiger partial charge on any atom is -0.484 e. The first-order valence-electron chi connectivity index (χ1n) is 5.73. The van der Waals surface area contributed by atoms with Gasteiger partial charge in [0.2, 0.25) is 0 Å². The van der Waals surface area contributed by atoms with Crippen molar-refractivity contribution < 1.29 is 14.5 Å². The lowest BCUT2D eigenvalue weighted by molar-refractivity contribution is -0.384. The molecule has 0 radical (unpaired) electrons. The standard InChI is InChI=1S/C14H10INO4/c15-12-6-1-2-7-14(12)20-9-13(17)10-4-3-5-11(8-10)16(18)19/h1-8H,9H2. The monoisotopic (exact) mass is 383 g/mol. The van der Waals surface area contributed by atoms with E-state index in [-0.39, 0.29) is 23.6 Å². The van der Waals surface area contributed by atoms with Crippen LogP contribution >= 0.6 is 22.6 Å². The molecule has 0 aliphatic carbocycles. The third-order valence-electron chi connectivity index (χ3n) is 2.57. The Hall–Kier alpha value is -1.96. The maximum absolute atomic E-state index is 12.0. The fourth-order valence-corrected chi connectivity index (χ4v) is 2.12. The third-order valence-corrected chi connectivity index (χ3v) is 3.47. The number of non-ortho nitro benzene ring substituents is 1. The normalized spacial score (nSPS) is 10.1. The van der Waals surface area contributed by atoms with E-state index in [2.05, 4.69) is 22.6 Å². The van der Waals surface area contributed by atoms with E-state index in [1.807, 2.05) is 18.2 Å². The number of carbonyl (C=O) groups is 1. The molecule has 0 spiro atoms. The summed E-state index contributed by atoms with van der Waals surface area (Å²) >= 11 is 2.11. The van der Waals surface area contributed by atoms with Crippen molar-refractivity contribution >= 4 is 34.1 Å². The maximum atomic E-state index is 12.0. The van der Waals surface area contributed by atoms with Crippen LogP contribution in [0.4, 0.5) is 5.69 Å². The lowest BCUT2D eigenvalue weighted by Gasteiger charge is -2.07. The molecule has 0 aliphatic rings. The summed E-state index contributed by atoms with van der Waals surface area (Å²) in [5.41, 5.74) is 0.162. The van der Waals surface area contributed by atoms with Crippen LogP contribution in [-0.4, -0.2) is 17.3 Å². The number of nitrogens with zero attached hydrogens (tertiary/aromatic N) is 1. The lowest BCUT2D eigenvalue weighted by atomic mass is 10.1. The first-order valence-corrected chi connectivity index (χ1v) is 6.81. The van der Waals surface area contributed by atoms with Crippen molar-refractivity contribution in [3.8, 4) is 5.75 Å². The van der Waals surface area contributed by atoms with Crippen molar-refractivity contribution in [2.24, 2.45) is 0 Å². The van der Waals surface area contributed by atoms with Gasteiger partial charge in [0, 0.05) is 17.7 Å². The summed E-state index contributed by atoms with van der Waals surface area (Å²) in [5, 5.41) is 10.7. The molecule has 0 atom stereocenters. The topological polar surface area (TPSA) is 69.4 Å². The molecular weight excluding hydrogens is 373 g/mol. The number of benzene rings is 2. The van der Waals surface area contributed by atoms with E-state index in [4.69, 9.17) is 4.74 Å². The Morgan fingerprint density at radius 1 is 1.20 bits per heavy atom. The Morgan fingerprint density at radius 3 is 2.65 bits per heavy atom. The highest BCUT2D eigenvalue weighted by atomic mass is 127. The first kappa shape index (κ1) is 14.4. The molecule has 5 nitrogen and oxygen atoms in total. The molecule has 0 amide bonds. The van der Waals surface area contributed by atoms with Crippen molar-refractivity contribution in [2.75, 3.05) is 6.61 Å². The second-order valence-corrected chi connectivity index (χ2v) is 5.11. The third kappa shape index (κ3) is 3.53. The molecular formula is C14H10INO4. The first-order chi connectivity index (χ1) is 9.58. The molecule has 0 saturated heterocycles. The summed E-state index contributed by atoms with van der Waals surface area (Å²) in [6.07, 6.45) is 0. The van der Waals surface area contributed by atoms with Gasteiger partial charge in [0.25, 0.3) is 5.69 Å². The van der Waals surface area contributed by atoms with Gasteiger partial charge in [0.05, 0.1) is 8.49 Å². The molecule has 6 heteroatoms. The average molecular weight is 383 g/mol. The second-order valence-electron chi connectivity index (χ2n) is 3.95. The molecule has 0 aliphatic heterocycles. The minimum atomic E-state index is -0.530. The van der Waals surface area contributed by atoms with E-state index >= 15 is 0 Å². The summed E-state index contributed by atoms with van der Waals surface area (Å²) < 4.78 is 6.33. The van der Waals surface area contributed by atoms with Gasteiger partial charge in [-0.05, 0) is 34.7 Å². The van der Waals surface area contributed by atoms with Gasteiger partial charge in [-0.3, -0.25) is 14.9 Å². The number of ketones is 1. The van der Waals surface area contributed by atoms with Gasteiger partial charge in [-0.15, -0.1) is 0 Å². The van der Waals surface area contributed by atoms with Crippen LogP contribution in [0.25, 0.3) is 0 Å². The highest BCUT2D eigenvalue weighted by Crippen LogP contribution is 2.20. The molecule has 0 fully saturated rings. The number of hydrogen-bond donors (Lipinski definition) is 0. The van der Waals surface area contributed by atoms with E-state index in [0.717, 1.165) is 3.57 Å². The summed E-state index contributed by atoms with van der Waals surface area (Å²) in [6, 6.07) is 12.9. The zero-order valence-corrected chi connectivity index (χ0v) is 12.4. The van der Waals surface area contributed by atoms with Crippen LogP contribution in [0.2, 0.25) is 0 Å². The van der Waals surface area contributed by atoms with Gasteiger partial charge in [-0.1, -0.05) is 24.3 Å². The molecule has 0 heterocycles. The zero-order chi connectivity index (χ0) is 14.5. The molecule has 0 N–H and O–H groups in total. The summed E-state index contributed by atoms with van der Waals surface area (Å²) in [5.74, 6) is 0.320. The quantitative estimate of drug-likeness (QED) is 0.343. The number of rotatable bonds is 5. The maximum Gasteiger partial charge on any atom is 0.270 e. The van der Waals surface area contributed by atoms with Crippen molar-refractivity contribution in [3.63, 3.8) is 0 Å². The Labute approximate surface area is 128 Å². The fourth-order valence-electron chi connectivity index (χ4n) is 1.58. The fraction of sp³-hybridized carbons (Fsp3) is 0.0714. The van der Waals surface area contributed by atoms with Gasteiger partial charge >= 0.3 is 0 Å². The predicted octanol–water partition coefficient (Wildman–Crippen LogP) is 3.46. The van der Waals surface area contributed by atoms with Gasteiger partial charge in [-0.2, -0.15) is 0 Å². The molecule has 2 aromatic carbocycles. The van der Waals surface area contributed by atoms with Crippen molar-refractivity contribution in [1.82, 2.24) is 0 Å². The average Bonchev–Trinajstić information content (AvgIpc) is 2.46. The van der Waals surface area contributed by atoms with Crippen molar-refractivity contribution in [1.29, 1.82) is 0 Å². The number of para-hydroxylation sites is 1. The summed E-state index contributed by atoms with van der Waals surface area (Å²) in [6.45, 7) is -0.152. The molecule has 0 saturated carbocycles. The van der Waals surface area contributed by atoms with E-state index < -0.39 is 4.92 Å². The number of carbonyl (C=O) groups excluding carboxylic acids is 1. The van der Waals surface area contributed by atoms with Crippen LogP contribution in [0.3, 0.4) is 0 Å². The molecule has 0 unspecified atom stereocenters. The van der Waals surface area contributed by atoms with E-state index in [1.54, 1.807) is 6.07 Å². The Balaban J connectivity index is 2.07. The van der Waals surface area contributed by atoms with Crippen LogP contribution in [-0.2, 0) is 0 Å². The Kier molecular flexibility index (Phi) is 4.67. The lowest BCUT2D eigenvalue weighted by Crippen LogP contribution is -2.12. The van der Waals surface area contributed by atoms with Gasteiger partial charge in [-0.25, -0.2) is 0 Å². The molecule has 2 aromatic rings. The largest absolute Gasteiger partial charge is 0.484 e. The highest BCUT2D eigenvalue weighted by Gasteiger charge is 2.12. The zero-order valence-electron chi connectivity index (χ0n) is 10.3. The smallest absolute Gasteiger partial charge is 0.270 e. The molecule has 102 valence electrons. The van der Waals surface area contributed by atoms with Crippen LogP contribution < -0.4 is 4.74 Å². The SMILES string of the molecule is O=C(COc1ccccc1I)c1cccc([N+](=O)[O-])c1. The number of nitro benzene ring substituents is 1. The van der Waals surface area contributed by atoms with Crippen molar-refractivity contribution in [2.45, 2.75) is 0 Å². The van der Waals surface area contributed by atoms with Gasteiger partial charge < -0.3 is 4.74 Å². The Morgan fingerprint density at radius 2 is 1.95 bits per heavy atom. The predicted molar refractivity (Wildman–Crippen MR) is 82.1 cm³/mol. The van der Waals surface area contributed by atoms with Crippen LogP contribution in [0.15, 0.2) is 48.5 Å². The van der Waals surface area contributed by atoms with Gasteiger partial charge in [0.1, 0.15) is 5.75 Å². The van der Waals surface area contributed by atoms with E-state index in [1.165, 1.54) is 24.3 Å².